The summed E-state index contributed by atoms with van der Waals surface area (Å²) in [5, 5.41) is 13.3. The van der Waals surface area contributed by atoms with Crippen LogP contribution in [0.4, 0.5) is 10.1 Å². The highest BCUT2D eigenvalue weighted by Gasteiger charge is 2.23. The van der Waals surface area contributed by atoms with Crippen LogP contribution in [0.15, 0.2) is 53.7 Å². The molecule has 0 amide bonds. The first-order valence-corrected chi connectivity index (χ1v) is 12.0. The maximum atomic E-state index is 13.7. The average Bonchev–Trinajstić information content (AvgIpc) is 3.25. The number of hydrogen-bond acceptors (Lipinski definition) is 6. The molecule has 1 saturated carbocycles. The average molecular weight is 457 g/mol. The highest BCUT2D eigenvalue weighted by Crippen LogP contribution is 2.33. The van der Waals surface area contributed by atoms with Gasteiger partial charge in [-0.15, -0.1) is 10.2 Å². The molecule has 6 nitrogen and oxygen atoms in total. The van der Waals surface area contributed by atoms with Gasteiger partial charge < -0.3 is 19.4 Å². The van der Waals surface area contributed by atoms with E-state index in [9.17, 15) is 4.39 Å². The number of aromatic nitrogens is 3. The number of nitrogens with zero attached hydrogens (tertiary/aromatic N) is 3. The van der Waals surface area contributed by atoms with Crippen LogP contribution in [0.25, 0.3) is 0 Å². The van der Waals surface area contributed by atoms with Crippen LogP contribution < -0.4 is 14.8 Å². The maximum Gasteiger partial charge on any atom is 0.191 e. The van der Waals surface area contributed by atoms with E-state index in [0.717, 1.165) is 35.3 Å². The number of para-hydroxylation sites is 1. The Balaban J connectivity index is 1.42. The standard InChI is InChI=1S/C24H29FN4O2S/c1-30-20-11-7-8-18(16-20)26-17-23-27-28-24(29(23)19-9-3-2-4-10-19)32-15-14-31-22-13-6-5-12-21(22)25/h5-8,11-13,16,19,26H,2-4,9-10,14-15,17H2,1H3. The molecule has 32 heavy (non-hydrogen) atoms. The Hall–Kier alpha value is -2.74. The van der Waals surface area contributed by atoms with Gasteiger partial charge in [0.1, 0.15) is 5.75 Å². The van der Waals surface area contributed by atoms with Crippen molar-refractivity contribution < 1.29 is 13.9 Å². The molecule has 1 N–H and O–H groups in total. The summed E-state index contributed by atoms with van der Waals surface area (Å²) >= 11 is 1.61. The third-order valence-electron chi connectivity index (χ3n) is 5.60. The molecule has 2 aromatic carbocycles. The van der Waals surface area contributed by atoms with Crippen molar-refractivity contribution in [3.8, 4) is 11.5 Å². The van der Waals surface area contributed by atoms with Crippen LogP contribution in [0.3, 0.4) is 0 Å². The SMILES string of the molecule is COc1cccc(NCc2nnc(SCCOc3ccccc3F)n2C2CCCCC2)c1. The summed E-state index contributed by atoms with van der Waals surface area (Å²) in [5.41, 5.74) is 0.982. The summed E-state index contributed by atoms with van der Waals surface area (Å²) in [5.74, 6) is 2.36. The van der Waals surface area contributed by atoms with Gasteiger partial charge in [0.05, 0.1) is 20.3 Å². The fourth-order valence-electron chi connectivity index (χ4n) is 3.99. The molecular weight excluding hydrogens is 427 g/mol. The number of ether oxygens (including phenoxy) is 2. The molecule has 1 fully saturated rings. The van der Waals surface area contributed by atoms with Gasteiger partial charge in [-0.25, -0.2) is 4.39 Å². The first kappa shape index (κ1) is 22.5. The second kappa shape index (κ2) is 11.2. The van der Waals surface area contributed by atoms with Gasteiger partial charge in [0, 0.05) is 23.5 Å². The number of hydrogen-bond donors (Lipinski definition) is 1. The normalized spacial score (nSPS) is 14.3. The van der Waals surface area contributed by atoms with Gasteiger partial charge in [0.15, 0.2) is 22.5 Å². The van der Waals surface area contributed by atoms with Crippen molar-refractivity contribution in [2.45, 2.75) is 49.8 Å². The summed E-state index contributed by atoms with van der Waals surface area (Å²) < 4.78 is 27.0. The minimum atomic E-state index is -0.339. The molecule has 170 valence electrons. The van der Waals surface area contributed by atoms with E-state index >= 15 is 0 Å². The number of rotatable bonds is 10. The topological polar surface area (TPSA) is 61.2 Å². The molecule has 0 bridgehead atoms. The molecule has 4 rings (SSSR count). The molecular formula is C24H29FN4O2S. The third kappa shape index (κ3) is 5.73. The van der Waals surface area contributed by atoms with Crippen LogP contribution in [0.2, 0.25) is 0 Å². The number of methoxy groups -OCH3 is 1. The second-order valence-corrected chi connectivity index (χ2v) is 8.84. The quantitative estimate of drug-likeness (QED) is 0.311. The van der Waals surface area contributed by atoms with Crippen LogP contribution in [-0.2, 0) is 6.54 Å². The summed E-state index contributed by atoms with van der Waals surface area (Å²) in [4.78, 5) is 0. The van der Waals surface area contributed by atoms with Crippen molar-refractivity contribution in [3.05, 3.63) is 60.2 Å². The molecule has 0 aliphatic heterocycles. The molecule has 0 unspecified atom stereocenters. The van der Waals surface area contributed by atoms with Crippen molar-refractivity contribution in [2.24, 2.45) is 0 Å². The van der Waals surface area contributed by atoms with Crippen LogP contribution in [-0.4, -0.2) is 34.2 Å². The largest absolute Gasteiger partial charge is 0.497 e. The Labute approximate surface area is 192 Å². The third-order valence-corrected chi connectivity index (χ3v) is 6.51. The maximum absolute atomic E-state index is 13.7. The fraction of sp³-hybridized carbons (Fsp3) is 0.417. The highest BCUT2D eigenvalue weighted by molar-refractivity contribution is 7.99. The summed E-state index contributed by atoms with van der Waals surface area (Å²) in [6, 6.07) is 14.8. The Morgan fingerprint density at radius 2 is 1.94 bits per heavy atom. The predicted octanol–water partition coefficient (Wildman–Crippen LogP) is 5.71. The Kier molecular flexibility index (Phi) is 7.87. The van der Waals surface area contributed by atoms with E-state index in [-0.39, 0.29) is 11.6 Å². The zero-order valence-corrected chi connectivity index (χ0v) is 19.1. The highest BCUT2D eigenvalue weighted by atomic mass is 32.2. The summed E-state index contributed by atoms with van der Waals surface area (Å²) in [6.07, 6.45) is 6.03. The lowest BCUT2D eigenvalue weighted by Gasteiger charge is -2.25. The molecule has 1 aromatic heterocycles. The molecule has 8 heteroatoms. The monoisotopic (exact) mass is 456 g/mol. The molecule has 0 atom stereocenters. The molecule has 1 aliphatic carbocycles. The van der Waals surface area contributed by atoms with E-state index < -0.39 is 0 Å². The van der Waals surface area contributed by atoms with Gasteiger partial charge >= 0.3 is 0 Å². The fourth-order valence-corrected chi connectivity index (χ4v) is 4.83. The number of halogens is 1. The van der Waals surface area contributed by atoms with Gasteiger partial charge in [-0.2, -0.15) is 0 Å². The lowest BCUT2D eigenvalue weighted by Crippen LogP contribution is -2.18. The van der Waals surface area contributed by atoms with Crippen molar-refractivity contribution in [3.63, 3.8) is 0 Å². The van der Waals surface area contributed by atoms with Gasteiger partial charge in [0.2, 0.25) is 0 Å². The van der Waals surface area contributed by atoms with Crippen LogP contribution in [0, 0.1) is 5.82 Å². The van der Waals surface area contributed by atoms with Gasteiger partial charge in [-0.1, -0.05) is 49.2 Å². The van der Waals surface area contributed by atoms with Gasteiger partial charge in [0.25, 0.3) is 0 Å². The van der Waals surface area contributed by atoms with Crippen LogP contribution in [0.1, 0.15) is 44.0 Å². The molecule has 3 aromatic rings. The van der Waals surface area contributed by atoms with Crippen molar-refractivity contribution in [2.75, 3.05) is 24.8 Å². The minimum Gasteiger partial charge on any atom is -0.497 e. The molecule has 0 radical (unpaired) electrons. The van der Waals surface area contributed by atoms with E-state index in [1.807, 2.05) is 24.3 Å². The summed E-state index contributed by atoms with van der Waals surface area (Å²) in [7, 11) is 1.66. The first-order valence-electron chi connectivity index (χ1n) is 11.1. The Morgan fingerprint density at radius 1 is 1.09 bits per heavy atom. The van der Waals surface area contributed by atoms with Crippen molar-refractivity contribution >= 4 is 17.4 Å². The molecule has 1 aliphatic rings. The number of thioether (sulfide) groups is 1. The number of benzene rings is 2. The van der Waals surface area contributed by atoms with E-state index in [2.05, 4.69) is 20.1 Å². The summed E-state index contributed by atoms with van der Waals surface area (Å²) in [6.45, 7) is 0.990. The number of nitrogens with one attached hydrogen (secondary N) is 1. The molecule has 0 spiro atoms. The zero-order chi connectivity index (χ0) is 22.2. The lowest BCUT2D eigenvalue weighted by molar-refractivity contribution is 0.322. The van der Waals surface area contributed by atoms with Crippen LogP contribution >= 0.6 is 11.8 Å². The van der Waals surface area contributed by atoms with Crippen molar-refractivity contribution in [1.29, 1.82) is 0 Å². The smallest absolute Gasteiger partial charge is 0.191 e. The predicted molar refractivity (Wildman–Crippen MR) is 125 cm³/mol. The lowest BCUT2D eigenvalue weighted by atomic mass is 9.95. The Morgan fingerprint density at radius 3 is 2.75 bits per heavy atom. The minimum absolute atomic E-state index is 0.282. The second-order valence-electron chi connectivity index (χ2n) is 7.77. The van der Waals surface area contributed by atoms with Crippen LogP contribution in [0.5, 0.6) is 11.5 Å². The zero-order valence-electron chi connectivity index (χ0n) is 18.3. The Bertz CT molecular complexity index is 1010. The van der Waals surface area contributed by atoms with E-state index in [0.29, 0.717) is 24.9 Å². The van der Waals surface area contributed by atoms with Gasteiger partial charge in [-0.3, -0.25) is 0 Å². The first-order chi connectivity index (χ1) is 15.7. The van der Waals surface area contributed by atoms with Crippen molar-refractivity contribution in [1.82, 2.24) is 14.8 Å². The van der Waals surface area contributed by atoms with E-state index in [1.54, 1.807) is 37.1 Å². The molecule has 1 heterocycles. The van der Waals surface area contributed by atoms with E-state index in [1.165, 1.54) is 25.3 Å². The van der Waals surface area contributed by atoms with E-state index in [4.69, 9.17) is 9.47 Å². The molecule has 0 saturated heterocycles. The van der Waals surface area contributed by atoms with Gasteiger partial charge in [-0.05, 0) is 37.1 Å². The number of anilines is 1.